The number of likely N-dealkylation sites (tertiary alicyclic amines) is 1. The number of rotatable bonds is 5. The molecule has 2 N–H and O–H groups in total. The zero-order valence-corrected chi connectivity index (χ0v) is 19.9. The predicted molar refractivity (Wildman–Crippen MR) is 125 cm³/mol. The van der Waals surface area contributed by atoms with Crippen LogP contribution in [0.4, 0.5) is 10.1 Å². The van der Waals surface area contributed by atoms with Crippen molar-refractivity contribution in [2.24, 2.45) is 11.8 Å². The van der Waals surface area contributed by atoms with Crippen molar-refractivity contribution in [1.82, 2.24) is 9.62 Å². The molecule has 9 heteroatoms. The minimum Gasteiger partial charge on any atom is -0.497 e. The summed E-state index contributed by atoms with van der Waals surface area (Å²) in [6.45, 7) is 4.95. The number of benzene rings is 2. The van der Waals surface area contributed by atoms with E-state index < -0.39 is 15.3 Å². The average molecular weight is 476 g/mol. The molecule has 0 aromatic heterocycles. The molecular formula is C24H30FN3O4S. The molecule has 7 nitrogen and oxygen atoms in total. The Hall–Kier alpha value is -2.49. The maximum atomic E-state index is 13.3. The lowest BCUT2D eigenvalue weighted by Crippen LogP contribution is -2.50. The van der Waals surface area contributed by atoms with Crippen molar-refractivity contribution in [2.75, 3.05) is 25.5 Å². The monoisotopic (exact) mass is 475 g/mol. The Morgan fingerprint density at radius 1 is 1.15 bits per heavy atom. The third kappa shape index (κ3) is 4.90. The Balaban J connectivity index is 1.39. The third-order valence-electron chi connectivity index (χ3n) is 6.78. The van der Waals surface area contributed by atoms with E-state index in [-0.39, 0.29) is 29.7 Å². The highest BCUT2D eigenvalue weighted by molar-refractivity contribution is 7.90. The SMILES string of the molecule is COc1ccc(C2C(C)C(N3CCC(C(=O)Nc4ccc(F)cc4C)CC3)NS2(=O)=O)cc1. The van der Waals surface area contributed by atoms with Crippen LogP contribution in [0.1, 0.15) is 36.1 Å². The highest BCUT2D eigenvalue weighted by atomic mass is 32.2. The Kier molecular flexibility index (Phi) is 6.74. The smallest absolute Gasteiger partial charge is 0.227 e. The zero-order chi connectivity index (χ0) is 23.8. The molecule has 3 atom stereocenters. The van der Waals surface area contributed by atoms with Crippen LogP contribution in [0.2, 0.25) is 0 Å². The molecule has 0 radical (unpaired) electrons. The van der Waals surface area contributed by atoms with Crippen LogP contribution in [0.3, 0.4) is 0 Å². The van der Waals surface area contributed by atoms with Crippen LogP contribution < -0.4 is 14.8 Å². The molecule has 2 aliphatic heterocycles. The molecule has 0 saturated carbocycles. The molecule has 0 bridgehead atoms. The Bertz CT molecular complexity index is 1120. The number of piperidine rings is 1. The second-order valence-corrected chi connectivity index (χ2v) is 10.8. The van der Waals surface area contributed by atoms with Gasteiger partial charge in [-0.05, 0) is 61.2 Å². The van der Waals surface area contributed by atoms with Gasteiger partial charge in [0.05, 0.1) is 13.3 Å². The van der Waals surface area contributed by atoms with E-state index in [4.69, 9.17) is 4.74 Å². The average Bonchev–Trinajstić information content (AvgIpc) is 3.04. The number of carbonyl (C=O) groups is 1. The molecule has 2 aromatic rings. The van der Waals surface area contributed by atoms with Crippen molar-refractivity contribution < 1.29 is 22.3 Å². The highest BCUT2D eigenvalue weighted by Gasteiger charge is 2.48. The molecule has 0 aliphatic carbocycles. The first-order chi connectivity index (χ1) is 15.7. The summed E-state index contributed by atoms with van der Waals surface area (Å²) in [6.07, 6.45) is 0.944. The van der Waals surface area contributed by atoms with Gasteiger partial charge in [-0.2, -0.15) is 4.72 Å². The van der Waals surface area contributed by atoms with Gasteiger partial charge in [-0.25, -0.2) is 12.8 Å². The van der Waals surface area contributed by atoms with Crippen molar-refractivity contribution in [2.45, 2.75) is 38.1 Å². The van der Waals surface area contributed by atoms with E-state index in [2.05, 4.69) is 14.9 Å². The molecule has 3 unspecified atom stereocenters. The van der Waals surface area contributed by atoms with Crippen molar-refractivity contribution in [3.05, 3.63) is 59.4 Å². The van der Waals surface area contributed by atoms with Crippen LogP contribution in [-0.4, -0.2) is 45.6 Å². The van der Waals surface area contributed by atoms with Gasteiger partial charge in [-0.3, -0.25) is 9.69 Å². The number of nitrogens with zero attached hydrogens (tertiary/aromatic N) is 1. The number of ether oxygens (including phenoxy) is 1. The number of aryl methyl sites for hydroxylation is 1. The molecule has 0 spiro atoms. The van der Waals surface area contributed by atoms with E-state index in [1.54, 1.807) is 44.4 Å². The van der Waals surface area contributed by atoms with Crippen molar-refractivity contribution in [1.29, 1.82) is 0 Å². The number of hydrogen-bond acceptors (Lipinski definition) is 5. The normalized spacial score (nSPS) is 25.6. The number of sulfonamides is 1. The second kappa shape index (κ2) is 9.40. The lowest BCUT2D eigenvalue weighted by atomic mass is 9.92. The lowest BCUT2D eigenvalue weighted by Gasteiger charge is -2.37. The molecule has 1 amide bonds. The van der Waals surface area contributed by atoms with Gasteiger partial charge in [0.2, 0.25) is 15.9 Å². The Morgan fingerprint density at radius 3 is 2.42 bits per heavy atom. The van der Waals surface area contributed by atoms with Gasteiger partial charge in [-0.15, -0.1) is 0 Å². The molecule has 2 saturated heterocycles. The molecule has 2 aromatic carbocycles. The maximum absolute atomic E-state index is 13.3. The van der Waals surface area contributed by atoms with Crippen LogP contribution in [0, 0.1) is 24.6 Å². The molecule has 2 fully saturated rings. The van der Waals surface area contributed by atoms with Crippen molar-refractivity contribution >= 4 is 21.6 Å². The summed E-state index contributed by atoms with van der Waals surface area (Å²) < 4.78 is 47.3. The van der Waals surface area contributed by atoms with E-state index in [0.29, 0.717) is 42.9 Å². The summed E-state index contributed by atoms with van der Waals surface area (Å²) in [6, 6.07) is 11.5. The van der Waals surface area contributed by atoms with E-state index in [0.717, 1.165) is 5.56 Å². The van der Waals surface area contributed by atoms with E-state index in [1.807, 2.05) is 6.92 Å². The minimum atomic E-state index is -3.53. The first kappa shape index (κ1) is 23.7. The molecule has 4 rings (SSSR count). The quantitative estimate of drug-likeness (QED) is 0.692. The number of carbonyl (C=O) groups excluding carboxylic acids is 1. The summed E-state index contributed by atoms with van der Waals surface area (Å²) in [5, 5.41) is 2.26. The lowest BCUT2D eigenvalue weighted by molar-refractivity contribution is -0.121. The van der Waals surface area contributed by atoms with E-state index in [9.17, 15) is 17.6 Å². The first-order valence-corrected chi connectivity index (χ1v) is 12.7. The van der Waals surface area contributed by atoms with Crippen LogP contribution in [0.5, 0.6) is 5.75 Å². The number of methoxy groups -OCH3 is 1. The van der Waals surface area contributed by atoms with Crippen molar-refractivity contribution in [3.8, 4) is 5.75 Å². The Labute approximate surface area is 194 Å². The first-order valence-electron chi connectivity index (χ1n) is 11.2. The van der Waals surface area contributed by atoms with Gasteiger partial charge < -0.3 is 10.1 Å². The summed E-state index contributed by atoms with van der Waals surface area (Å²) in [5.41, 5.74) is 2.03. The number of anilines is 1. The largest absolute Gasteiger partial charge is 0.497 e. The second-order valence-electron chi connectivity index (χ2n) is 8.92. The standard InChI is InChI=1S/C24H30FN3O4S/c1-15-14-19(25)6-9-21(15)26-24(29)18-10-12-28(13-11-18)23-16(2)22(33(30,31)27-23)17-4-7-20(32-3)8-5-17/h4-9,14,16,18,22-23,27H,10-13H2,1-3H3,(H,26,29). The number of amides is 1. The summed E-state index contributed by atoms with van der Waals surface area (Å²) in [4.78, 5) is 14.9. The van der Waals surface area contributed by atoms with Gasteiger partial charge in [-0.1, -0.05) is 19.1 Å². The van der Waals surface area contributed by atoms with Crippen LogP contribution >= 0.6 is 0 Å². The van der Waals surface area contributed by atoms with Crippen LogP contribution in [-0.2, 0) is 14.8 Å². The van der Waals surface area contributed by atoms with Gasteiger partial charge in [0, 0.05) is 30.6 Å². The summed E-state index contributed by atoms with van der Waals surface area (Å²) >= 11 is 0. The fraction of sp³-hybridized carbons (Fsp3) is 0.458. The molecule has 2 heterocycles. The Morgan fingerprint density at radius 2 is 1.82 bits per heavy atom. The third-order valence-corrected chi connectivity index (χ3v) is 8.72. The highest BCUT2D eigenvalue weighted by Crippen LogP contribution is 2.40. The number of nitrogens with one attached hydrogen (secondary N) is 2. The van der Waals surface area contributed by atoms with E-state index >= 15 is 0 Å². The zero-order valence-electron chi connectivity index (χ0n) is 19.0. The van der Waals surface area contributed by atoms with Crippen LogP contribution in [0.15, 0.2) is 42.5 Å². The predicted octanol–water partition coefficient (Wildman–Crippen LogP) is 3.43. The maximum Gasteiger partial charge on any atom is 0.227 e. The molecule has 2 aliphatic rings. The minimum absolute atomic E-state index is 0.0829. The summed E-state index contributed by atoms with van der Waals surface area (Å²) in [7, 11) is -1.95. The fourth-order valence-electron chi connectivity index (χ4n) is 4.92. The van der Waals surface area contributed by atoms with Crippen molar-refractivity contribution in [3.63, 3.8) is 0 Å². The van der Waals surface area contributed by atoms with Gasteiger partial charge in [0.1, 0.15) is 16.8 Å². The molecule has 33 heavy (non-hydrogen) atoms. The molecular weight excluding hydrogens is 445 g/mol. The van der Waals surface area contributed by atoms with Gasteiger partial charge in [0.15, 0.2) is 0 Å². The van der Waals surface area contributed by atoms with E-state index in [1.165, 1.54) is 12.1 Å². The topological polar surface area (TPSA) is 87.7 Å². The number of halogens is 1. The molecule has 178 valence electrons. The summed E-state index contributed by atoms with van der Waals surface area (Å²) in [5.74, 6) is -0.0602. The van der Waals surface area contributed by atoms with Crippen LogP contribution in [0.25, 0.3) is 0 Å². The van der Waals surface area contributed by atoms with Gasteiger partial charge in [0.25, 0.3) is 0 Å². The fourth-order valence-corrected chi connectivity index (χ4v) is 7.00. The van der Waals surface area contributed by atoms with Gasteiger partial charge >= 0.3 is 0 Å². The number of hydrogen-bond donors (Lipinski definition) is 2.